The highest BCUT2D eigenvalue weighted by atomic mass is 35.5. The first kappa shape index (κ1) is 18.2. The fourth-order valence-corrected chi connectivity index (χ4v) is 1.94. The predicted molar refractivity (Wildman–Crippen MR) is 91.4 cm³/mol. The number of benzene rings is 1. The summed E-state index contributed by atoms with van der Waals surface area (Å²) in [6.07, 6.45) is 0. The summed E-state index contributed by atoms with van der Waals surface area (Å²) in [7, 11) is 0. The van der Waals surface area contributed by atoms with Crippen molar-refractivity contribution in [1.82, 2.24) is 16.2 Å². The standard InChI is InChI=1S/C14H19ClN4O2S/c1-8(2)12(16-9(3)20)13(21)18-19-14(22)17-11-6-4-10(15)5-7-11/h4-8,12H,1-3H3,(H,16,20)(H,18,21)(H2,17,19,22)/t12-/m1/s1. The SMILES string of the molecule is CC(=O)N[C@@H](C(=O)NNC(=S)Nc1ccc(Cl)cc1)C(C)C. The van der Waals surface area contributed by atoms with Crippen molar-refractivity contribution in [1.29, 1.82) is 0 Å². The first-order valence-corrected chi connectivity index (χ1v) is 7.47. The minimum atomic E-state index is -0.636. The molecule has 6 nitrogen and oxygen atoms in total. The van der Waals surface area contributed by atoms with Gasteiger partial charge in [-0.25, -0.2) is 0 Å². The second-order valence-corrected chi connectivity index (χ2v) is 5.84. The van der Waals surface area contributed by atoms with Crippen molar-refractivity contribution >= 4 is 46.4 Å². The van der Waals surface area contributed by atoms with Crippen molar-refractivity contribution < 1.29 is 9.59 Å². The molecule has 0 unspecified atom stereocenters. The summed E-state index contributed by atoms with van der Waals surface area (Å²) in [5, 5.41) is 6.32. The van der Waals surface area contributed by atoms with Crippen LogP contribution in [0, 0.1) is 5.92 Å². The number of carbonyl (C=O) groups excluding carboxylic acids is 2. The van der Waals surface area contributed by atoms with E-state index in [2.05, 4.69) is 21.5 Å². The number of rotatable bonds is 4. The Balaban J connectivity index is 2.49. The van der Waals surface area contributed by atoms with E-state index in [4.69, 9.17) is 23.8 Å². The third-order valence-electron chi connectivity index (χ3n) is 2.71. The van der Waals surface area contributed by atoms with Gasteiger partial charge < -0.3 is 10.6 Å². The van der Waals surface area contributed by atoms with Crippen LogP contribution in [0.2, 0.25) is 5.02 Å². The summed E-state index contributed by atoms with van der Waals surface area (Å²) in [6, 6.07) is 6.31. The highest BCUT2D eigenvalue weighted by Gasteiger charge is 2.22. The molecule has 0 radical (unpaired) electrons. The van der Waals surface area contributed by atoms with Crippen LogP contribution in [0.3, 0.4) is 0 Å². The normalized spacial score (nSPS) is 11.5. The zero-order chi connectivity index (χ0) is 16.7. The molecule has 0 fully saturated rings. The van der Waals surface area contributed by atoms with Gasteiger partial charge in [0.2, 0.25) is 5.91 Å². The summed E-state index contributed by atoms with van der Waals surface area (Å²) in [4.78, 5) is 23.1. The summed E-state index contributed by atoms with van der Waals surface area (Å²) in [5.74, 6) is -0.690. The number of hydrazine groups is 1. The Bertz CT molecular complexity index is 548. The van der Waals surface area contributed by atoms with Crippen molar-refractivity contribution in [2.24, 2.45) is 5.92 Å². The zero-order valence-corrected chi connectivity index (χ0v) is 14.1. The lowest BCUT2D eigenvalue weighted by Crippen LogP contribution is -2.54. The van der Waals surface area contributed by atoms with Crippen LogP contribution in [0.4, 0.5) is 5.69 Å². The molecule has 0 aliphatic rings. The highest BCUT2D eigenvalue weighted by molar-refractivity contribution is 7.80. The third-order valence-corrected chi connectivity index (χ3v) is 3.17. The molecule has 0 aliphatic carbocycles. The van der Waals surface area contributed by atoms with Gasteiger partial charge in [-0.15, -0.1) is 0 Å². The van der Waals surface area contributed by atoms with E-state index >= 15 is 0 Å². The fraction of sp³-hybridized carbons (Fsp3) is 0.357. The summed E-state index contributed by atoms with van der Waals surface area (Å²) < 4.78 is 0. The lowest BCUT2D eigenvalue weighted by atomic mass is 10.0. The van der Waals surface area contributed by atoms with E-state index in [-0.39, 0.29) is 22.8 Å². The molecule has 0 spiro atoms. The Morgan fingerprint density at radius 3 is 2.23 bits per heavy atom. The molecule has 1 rings (SSSR count). The minimum Gasteiger partial charge on any atom is -0.344 e. The lowest BCUT2D eigenvalue weighted by molar-refractivity contribution is -0.129. The van der Waals surface area contributed by atoms with Crippen LogP contribution in [0.15, 0.2) is 24.3 Å². The monoisotopic (exact) mass is 342 g/mol. The molecule has 0 saturated carbocycles. The fourth-order valence-electron chi connectivity index (χ4n) is 1.65. The Morgan fingerprint density at radius 1 is 1.14 bits per heavy atom. The Labute approximate surface area is 140 Å². The maximum absolute atomic E-state index is 12.0. The van der Waals surface area contributed by atoms with Gasteiger partial charge in [-0.1, -0.05) is 25.4 Å². The van der Waals surface area contributed by atoms with Crippen LogP contribution in [-0.4, -0.2) is 23.0 Å². The van der Waals surface area contributed by atoms with Gasteiger partial charge in [-0.05, 0) is 42.4 Å². The molecule has 1 aromatic rings. The van der Waals surface area contributed by atoms with Crippen LogP contribution in [0.25, 0.3) is 0 Å². The Morgan fingerprint density at radius 2 is 1.73 bits per heavy atom. The van der Waals surface area contributed by atoms with Crippen LogP contribution in [-0.2, 0) is 9.59 Å². The number of hydrogen-bond acceptors (Lipinski definition) is 3. The lowest BCUT2D eigenvalue weighted by Gasteiger charge is -2.21. The van der Waals surface area contributed by atoms with Gasteiger partial charge >= 0.3 is 0 Å². The molecule has 0 heterocycles. The number of carbonyl (C=O) groups is 2. The van der Waals surface area contributed by atoms with Gasteiger partial charge in [0.15, 0.2) is 5.11 Å². The Hall–Kier alpha value is -1.86. The van der Waals surface area contributed by atoms with Crippen molar-refractivity contribution in [3.63, 3.8) is 0 Å². The van der Waals surface area contributed by atoms with Gasteiger partial charge in [0.05, 0.1) is 0 Å². The third kappa shape index (κ3) is 6.28. The second kappa shape index (κ2) is 8.55. The van der Waals surface area contributed by atoms with Crippen LogP contribution >= 0.6 is 23.8 Å². The van der Waals surface area contributed by atoms with E-state index in [0.717, 1.165) is 5.69 Å². The number of hydrogen-bond donors (Lipinski definition) is 4. The quantitative estimate of drug-likeness (QED) is 0.495. The van der Waals surface area contributed by atoms with Crippen molar-refractivity contribution in [3.8, 4) is 0 Å². The summed E-state index contributed by atoms with van der Waals surface area (Å²) in [5.41, 5.74) is 5.79. The minimum absolute atomic E-state index is 0.0523. The van der Waals surface area contributed by atoms with Crippen LogP contribution in [0.5, 0.6) is 0 Å². The molecule has 0 bridgehead atoms. The molecular formula is C14H19ClN4O2S. The Kier molecular flexibility index (Phi) is 7.07. The van der Waals surface area contributed by atoms with Gasteiger partial charge in [0.1, 0.15) is 6.04 Å². The molecule has 8 heteroatoms. The molecule has 120 valence electrons. The molecule has 4 N–H and O–H groups in total. The zero-order valence-electron chi connectivity index (χ0n) is 12.6. The van der Waals surface area contributed by atoms with E-state index < -0.39 is 6.04 Å². The van der Waals surface area contributed by atoms with E-state index in [1.807, 2.05) is 13.8 Å². The van der Waals surface area contributed by atoms with Crippen molar-refractivity contribution in [3.05, 3.63) is 29.3 Å². The predicted octanol–water partition coefficient (Wildman–Crippen LogP) is 1.82. The molecule has 1 aromatic carbocycles. The average molecular weight is 343 g/mol. The highest BCUT2D eigenvalue weighted by Crippen LogP contribution is 2.13. The second-order valence-electron chi connectivity index (χ2n) is 5.00. The van der Waals surface area contributed by atoms with Gasteiger partial charge in [0.25, 0.3) is 5.91 Å². The molecular weight excluding hydrogens is 324 g/mol. The van der Waals surface area contributed by atoms with E-state index in [9.17, 15) is 9.59 Å². The molecule has 22 heavy (non-hydrogen) atoms. The topological polar surface area (TPSA) is 82.3 Å². The molecule has 1 atom stereocenters. The van der Waals surface area contributed by atoms with Crippen LogP contribution in [0.1, 0.15) is 20.8 Å². The first-order valence-electron chi connectivity index (χ1n) is 6.69. The first-order chi connectivity index (χ1) is 10.3. The molecule has 0 aromatic heterocycles. The van der Waals surface area contributed by atoms with Gasteiger partial charge in [-0.2, -0.15) is 0 Å². The maximum Gasteiger partial charge on any atom is 0.261 e. The number of amides is 2. The maximum atomic E-state index is 12.0. The van der Waals surface area contributed by atoms with Crippen molar-refractivity contribution in [2.75, 3.05) is 5.32 Å². The van der Waals surface area contributed by atoms with Crippen LogP contribution < -0.4 is 21.5 Å². The summed E-state index contributed by atoms with van der Waals surface area (Å²) >= 11 is 10.9. The van der Waals surface area contributed by atoms with Crippen molar-refractivity contribution in [2.45, 2.75) is 26.8 Å². The number of anilines is 1. The number of halogens is 1. The average Bonchev–Trinajstić information content (AvgIpc) is 2.44. The van der Waals surface area contributed by atoms with Gasteiger partial charge in [0, 0.05) is 17.6 Å². The van der Waals surface area contributed by atoms with E-state index in [0.29, 0.717) is 5.02 Å². The van der Waals surface area contributed by atoms with E-state index in [1.54, 1.807) is 24.3 Å². The van der Waals surface area contributed by atoms with Gasteiger partial charge in [-0.3, -0.25) is 20.4 Å². The number of nitrogens with one attached hydrogen (secondary N) is 4. The number of thiocarbonyl (C=S) groups is 1. The summed E-state index contributed by atoms with van der Waals surface area (Å²) in [6.45, 7) is 5.04. The molecule has 0 saturated heterocycles. The molecule has 2 amide bonds. The largest absolute Gasteiger partial charge is 0.344 e. The van der Waals surface area contributed by atoms with E-state index in [1.165, 1.54) is 6.92 Å². The molecule has 0 aliphatic heterocycles. The smallest absolute Gasteiger partial charge is 0.261 e.